The summed E-state index contributed by atoms with van der Waals surface area (Å²) in [5.74, 6) is -0.220. The highest BCUT2D eigenvalue weighted by molar-refractivity contribution is 7.17. The van der Waals surface area contributed by atoms with Crippen LogP contribution in [0, 0.1) is 0 Å². The SMILES string of the molecule is CC1c2nn(C)c(-c3cc(C(F)(F)F)n(C)n3)c2CCN1C(=O)c1nccc2ncsc12. The number of aryl methyl sites for hydroxylation is 2. The second-order valence-corrected chi connectivity index (χ2v) is 8.51. The zero-order valence-electron chi connectivity index (χ0n) is 17.4. The van der Waals surface area contributed by atoms with Crippen LogP contribution in [0.4, 0.5) is 13.2 Å². The van der Waals surface area contributed by atoms with Crippen molar-refractivity contribution in [3.05, 3.63) is 46.5 Å². The average molecular weight is 461 g/mol. The lowest BCUT2D eigenvalue weighted by Crippen LogP contribution is -2.39. The maximum atomic E-state index is 13.3. The Hall–Kier alpha value is -3.28. The first-order valence-corrected chi connectivity index (χ1v) is 10.7. The van der Waals surface area contributed by atoms with E-state index in [0.29, 0.717) is 30.0 Å². The Bertz CT molecular complexity index is 1350. The molecule has 5 heterocycles. The van der Waals surface area contributed by atoms with E-state index in [1.54, 1.807) is 34.4 Å². The lowest BCUT2D eigenvalue weighted by molar-refractivity contribution is -0.143. The summed E-state index contributed by atoms with van der Waals surface area (Å²) in [4.78, 5) is 23.5. The highest BCUT2D eigenvalue weighted by atomic mass is 32.1. The van der Waals surface area contributed by atoms with Crippen LogP contribution in [0.5, 0.6) is 0 Å². The zero-order valence-corrected chi connectivity index (χ0v) is 18.2. The number of pyridine rings is 1. The van der Waals surface area contributed by atoms with Crippen LogP contribution >= 0.6 is 11.3 Å². The molecule has 5 rings (SSSR count). The van der Waals surface area contributed by atoms with E-state index in [0.717, 1.165) is 26.5 Å². The molecule has 0 saturated heterocycles. The minimum atomic E-state index is -4.50. The van der Waals surface area contributed by atoms with Gasteiger partial charge in [-0.15, -0.1) is 11.3 Å². The number of thiazole rings is 1. The Labute approximate surface area is 184 Å². The summed E-state index contributed by atoms with van der Waals surface area (Å²) in [6.07, 6.45) is -2.49. The van der Waals surface area contributed by atoms with Crippen molar-refractivity contribution in [3.63, 3.8) is 0 Å². The van der Waals surface area contributed by atoms with Crippen LogP contribution in [0.25, 0.3) is 21.6 Å². The third-order valence-electron chi connectivity index (χ3n) is 5.76. The molecule has 166 valence electrons. The number of carbonyl (C=O) groups is 1. The van der Waals surface area contributed by atoms with Crippen molar-refractivity contribution in [2.24, 2.45) is 14.1 Å². The molecule has 1 atom stereocenters. The molecule has 4 aromatic rings. The molecule has 0 aromatic carbocycles. The third-order valence-corrected chi connectivity index (χ3v) is 6.61. The highest BCUT2D eigenvalue weighted by Crippen LogP contribution is 2.38. The molecule has 0 bridgehead atoms. The van der Waals surface area contributed by atoms with E-state index in [1.165, 1.54) is 18.4 Å². The number of rotatable bonds is 2. The summed E-state index contributed by atoms with van der Waals surface area (Å²) < 4.78 is 42.9. The van der Waals surface area contributed by atoms with Crippen molar-refractivity contribution in [1.29, 1.82) is 0 Å². The molecule has 0 N–H and O–H groups in total. The third kappa shape index (κ3) is 3.08. The Balaban J connectivity index is 1.52. The van der Waals surface area contributed by atoms with Crippen LogP contribution in [0.2, 0.25) is 0 Å². The lowest BCUT2D eigenvalue weighted by Gasteiger charge is -2.32. The number of nitrogens with zero attached hydrogens (tertiary/aromatic N) is 7. The molecule has 1 aliphatic rings. The molecule has 1 aliphatic heterocycles. The first-order chi connectivity index (χ1) is 15.2. The first-order valence-electron chi connectivity index (χ1n) is 9.83. The highest BCUT2D eigenvalue weighted by Gasteiger charge is 2.38. The summed E-state index contributed by atoms with van der Waals surface area (Å²) in [5, 5.41) is 8.63. The Morgan fingerprint density at radius 1 is 1.19 bits per heavy atom. The number of amides is 1. The number of carbonyl (C=O) groups excluding carboxylic acids is 1. The van der Waals surface area contributed by atoms with Crippen molar-refractivity contribution < 1.29 is 18.0 Å². The predicted molar refractivity (Wildman–Crippen MR) is 111 cm³/mol. The van der Waals surface area contributed by atoms with Crippen molar-refractivity contribution in [2.45, 2.75) is 25.6 Å². The van der Waals surface area contributed by atoms with E-state index in [4.69, 9.17) is 0 Å². The molecule has 0 saturated carbocycles. The van der Waals surface area contributed by atoms with Gasteiger partial charge in [0.05, 0.1) is 33.2 Å². The van der Waals surface area contributed by atoms with E-state index in [-0.39, 0.29) is 17.6 Å². The van der Waals surface area contributed by atoms with E-state index in [1.807, 2.05) is 6.92 Å². The quantitative estimate of drug-likeness (QED) is 0.456. The molecule has 0 aliphatic carbocycles. The molecule has 0 fully saturated rings. The second kappa shape index (κ2) is 7.12. The Morgan fingerprint density at radius 3 is 2.69 bits per heavy atom. The van der Waals surface area contributed by atoms with E-state index >= 15 is 0 Å². The number of alkyl halides is 3. The standard InChI is InChI=1S/C20H18F3N7OS/c1-10-15-11(17(29(3)27-15)13-8-14(20(21,22)23)28(2)26-13)5-7-30(10)19(31)16-18-12(4-6-24-16)25-9-32-18/h4,6,8-10H,5,7H2,1-3H3. The van der Waals surface area contributed by atoms with Crippen LogP contribution in [-0.2, 0) is 26.7 Å². The van der Waals surface area contributed by atoms with Gasteiger partial charge in [0.2, 0.25) is 0 Å². The van der Waals surface area contributed by atoms with Crippen LogP contribution in [0.15, 0.2) is 23.8 Å². The van der Waals surface area contributed by atoms with Gasteiger partial charge in [0, 0.05) is 32.4 Å². The van der Waals surface area contributed by atoms with Gasteiger partial charge in [0.1, 0.15) is 17.1 Å². The topological polar surface area (TPSA) is 81.7 Å². The smallest absolute Gasteiger partial charge is 0.329 e. The molecule has 32 heavy (non-hydrogen) atoms. The molecule has 12 heteroatoms. The van der Waals surface area contributed by atoms with Crippen LogP contribution in [-0.4, -0.2) is 46.9 Å². The number of aromatic nitrogens is 6. The molecule has 4 aromatic heterocycles. The van der Waals surface area contributed by atoms with E-state index < -0.39 is 11.9 Å². The van der Waals surface area contributed by atoms with Gasteiger partial charge < -0.3 is 4.90 Å². The maximum Gasteiger partial charge on any atom is 0.433 e. The van der Waals surface area contributed by atoms with E-state index in [2.05, 4.69) is 20.2 Å². The molecular formula is C20H18F3N7OS. The number of hydrogen-bond donors (Lipinski definition) is 0. The fourth-order valence-corrected chi connectivity index (χ4v) is 5.04. The predicted octanol–water partition coefficient (Wildman–Crippen LogP) is 3.60. The largest absolute Gasteiger partial charge is 0.433 e. The molecule has 1 amide bonds. The monoisotopic (exact) mass is 461 g/mol. The molecular weight excluding hydrogens is 443 g/mol. The van der Waals surface area contributed by atoms with Gasteiger partial charge in [-0.05, 0) is 25.5 Å². The van der Waals surface area contributed by atoms with Gasteiger partial charge in [-0.3, -0.25) is 14.2 Å². The fraction of sp³-hybridized carbons (Fsp3) is 0.350. The van der Waals surface area contributed by atoms with Crippen molar-refractivity contribution in [3.8, 4) is 11.4 Å². The molecule has 8 nitrogen and oxygen atoms in total. The first kappa shape index (κ1) is 20.6. The summed E-state index contributed by atoms with van der Waals surface area (Å²) >= 11 is 1.36. The second-order valence-electron chi connectivity index (χ2n) is 7.66. The fourth-order valence-electron chi connectivity index (χ4n) is 4.27. The van der Waals surface area contributed by atoms with Crippen LogP contribution in [0.1, 0.15) is 40.4 Å². The zero-order chi connectivity index (χ0) is 22.8. The molecule has 1 unspecified atom stereocenters. The Morgan fingerprint density at radius 2 is 1.97 bits per heavy atom. The number of halogens is 3. The minimum Gasteiger partial charge on any atom is -0.329 e. The van der Waals surface area contributed by atoms with Crippen molar-refractivity contribution in [2.75, 3.05) is 6.54 Å². The van der Waals surface area contributed by atoms with Gasteiger partial charge in [-0.25, -0.2) is 9.97 Å². The van der Waals surface area contributed by atoms with E-state index in [9.17, 15) is 18.0 Å². The molecule has 0 radical (unpaired) electrons. The normalized spacial score (nSPS) is 16.6. The Kier molecular flexibility index (Phi) is 4.59. The maximum absolute atomic E-state index is 13.3. The van der Waals surface area contributed by atoms with Gasteiger partial charge >= 0.3 is 6.18 Å². The number of hydrogen-bond acceptors (Lipinski definition) is 6. The summed E-state index contributed by atoms with van der Waals surface area (Å²) in [6.45, 7) is 2.25. The summed E-state index contributed by atoms with van der Waals surface area (Å²) in [5.41, 5.74) is 4.11. The molecule has 0 spiro atoms. The van der Waals surface area contributed by atoms with Gasteiger partial charge in [0.25, 0.3) is 5.91 Å². The van der Waals surface area contributed by atoms with Crippen LogP contribution in [0.3, 0.4) is 0 Å². The van der Waals surface area contributed by atoms with Crippen LogP contribution < -0.4 is 0 Å². The average Bonchev–Trinajstić information content (AvgIpc) is 3.43. The lowest BCUT2D eigenvalue weighted by atomic mass is 9.97. The number of fused-ring (bicyclic) bond motifs is 2. The van der Waals surface area contributed by atoms with Gasteiger partial charge in [0.15, 0.2) is 0 Å². The van der Waals surface area contributed by atoms with Crippen molar-refractivity contribution >= 4 is 27.5 Å². The minimum absolute atomic E-state index is 0.208. The summed E-state index contributed by atoms with van der Waals surface area (Å²) in [7, 11) is 2.94. The van der Waals surface area contributed by atoms with Gasteiger partial charge in [-0.2, -0.15) is 23.4 Å². The summed E-state index contributed by atoms with van der Waals surface area (Å²) in [6, 6.07) is 2.42. The van der Waals surface area contributed by atoms with Crippen molar-refractivity contribution in [1.82, 2.24) is 34.4 Å². The van der Waals surface area contributed by atoms with Gasteiger partial charge in [-0.1, -0.05) is 0 Å².